The summed E-state index contributed by atoms with van der Waals surface area (Å²) in [6, 6.07) is 132. The Bertz CT molecular complexity index is 7840. The van der Waals surface area contributed by atoms with Gasteiger partial charge in [-0.2, -0.15) is 0 Å². The second-order valence-electron chi connectivity index (χ2n) is 29.8. The minimum Gasteiger partial charge on any atom is -0.455 e. The number of benzene rings is 19. The van der Waals surface area contributed by atoms with Crippen molar-refractivity contribution in [2.45, 2.75) is 5.41 Å². The van der Waals surface area contributed by atoms with Crippen LogP contribution >= 0.6 is 0 Å². The molecular weight excluding hydrogens is 1360 g/mol. The lowest BCUT2D eigenvalue weighted by atomic mass is 9.70. The lowest BCUT2D eigenvalue weighted by Crippen LogP contribution is -2.26. The van der Waals surface area contributed by atoms with Crippen LogP contribution in [0.3, 0.4) is 0 Å². The van der Waals surface area contributed by atoms with Gasteiger partial charge in [-0.3, -0.25) is 0 Å². The van der Waals surface area contributed by atoms with E-state index in [4.69, 9.17) is 34.3 Å². The van der Waals surface area contributed by atoms with E-state index in [1.54, 1.807) is 0 Å². The predicted molar refractivity (Wildman–Crippen MR) is 460 cm³/mol. The summed E-state index contributed by atoms with van der Waals surface area (Å²) in [5, 5.41) is 21.4. The van der Waals surface area contributed by atoms with Crippen molar-refractivity contribution in [1.82, 2.24) is 29.9 Å². The van der Waals surface area contributed by atoms with Crippen LogP contribution in [0.5, 0.6) is 0 Å². The van der Waals surface area contributed by atoms with Gasteiger partial charge >= 0.3 is 0 Å². The summed E-state index contributed by atoms with van der Waals surface area (Å²) in [6.45, 7) is 0. The van der Waals surface area contributed by atoms with E-state index in [9.17, 15) is 0 Å². The van der Waals surface area contributed by atoms with Crippen molar-refractivity contribution in [3.8, 4) is 113 Å². The Hall–Kier alpha value is -14.9. The molecule has 24 rings (SSSR count). The molecular formula is C105H60N6O. The molecule has 2 aliphatic rings. The molecule has 0 N–H and O–H groups in total. The summed E-state index contributed by atoms with van der Waals surface area (Å²) >= 11 is 0. The number of furan rings is 1. The van der Waals surface area contributed by atoms with Gasteiger partial charge in [-0.1, -0.05) is 315 Å². The zero-order chi connectivity index (χ0) is 73.3. The summed E-state index contributed by atoms with van der Waals surface area (Å²) in [4.78, 5) is 33.0. The van der Waals surface area contributed by atoms with Crippen molar-refractivity contribution in [2.24, 2.45) is 0 Å². The largest absolute Gasteiger partial charge is 0.455 e. The quantitative estimate of drug-likeness (QED) is 0.140. The molecule has 7 heteroatoms. The summed E-state index contributed by atoms with van der Waals surface area (Å²) in [5.41, 5.74) is 19.9. The van der Waals surface area contributed by atoms with Gasteiger partial charge in [-0.05, 0) is 201 Å². The molecule has 0 radical (unpaired) electrons. The molecule has 7 nitrogen and oxygen atoms in total. The molecule has 3 heterocycles. The number of hydrogen-bond acceptors (Lipinski definition) is 7. The van der Waals surface area contributed by atoms with Crippen molar-refractivity contribution in [3.05, 3.63) is 386 Å². The van der Waals surface area contributed by atoms with Crippen LogP contribution in [0.4, 0.5) is 0 Å². The molecule has 1 spiro atoms. The molecule has 0 bridgehead atoms. The molecule has 0 saturated carbocycles. The number of rotatable bonds is 8. The normalized spacial score (nSPS) is 13.6. The molecule has 22 aromatic rings. The van der Waals surface area contributed by atoms with E-state index < -0.39 is 5.41 Å². The van der Waals surface area contributed by atoms with Gasteiger partial charge in [0.25, 0.3) is 0 Å². The fourth-order valence-electron chi connectivity index (χ4n) is 19.0. The first-order valence-electron chi connectivity index (χ1n) is 38.2. The molecule has 1 atom stereocenters. The number of aromatic nitrogens is 6. The lowest BCUT2D eigenvalue weighted by molar-refractivity contribution is 0.669. The minimum atomic E-state index is -0.730. The highest BCUT2D eigenvalue weighted by Crippen LogP contribution is 2.64. The van der Waals surface area contributed by atoms with Crippen LogP contribution < -0.4 is 0 Å². The first-order chi connectivity index (χ1) is 55.5. The van der Waals surface area contributed by atoms with E-state index in [-0.39, 0.29) is 0 Å². The van der Waals surface area contributed by atoms with Crippen molar-refractivity contribution >= 4 is 108 Å². The monoisotopic (exact) mass is 1420 g/mol. The van der Waals surface area contributed by atoms with E-state index in [0.717, 1.165) is 93.7 Å². The van der Waals surface area contributed by atoms with Gasteiger partial charge in [0.2, 0.25) is 0 Å². The van der Waals surface area contributed by atoms with Crippen LogP contribution in [0.2, 0.25) is 0 Å². The standard InChI is InChI=1S/C105H60N6O/c1-2-24-62(25-3-1)99-106-102(111-104(108-99)90-60-89-74-34-7-6-31-71(74)72-32-8-12-40-83(72)97(89)84-41-13-10-35-75(84)90)69-50-53-80-78-37-15-18-45-92(78)105(94(80)59-69)91-44-17-14-36-77(91)79-52-49-66(58-93(79)105)64-27-21-29-68(56-64)101-107-100(109-103(110-101)87-43-22-42-86-81-38-16-19-46-95(81)112-98(86)87)67-28-20-26-63(55-67)65-48-51-76-73-33-9-11-39-82(73)96-70-30-5-4-23-61(70)47-54-85(96)88(76)57-65/h1-60H. The number of hydrogen-bond donors (Lipinski definition) is 0. The average molecular weight is 1420 g/mol. The van der Waals surface area contributed by atoms with Crippen LogP contribution in [0.1, 0.15) is 22.3 Å². The molecule has 516 valence electrons. The summed E-state index contributed by atoms with van der Waals surface area (Å²) < 4.78 is 6.75. The highest BCUT2D eigenvalue weighted by atomic mass is 16.3. The second-order valence-corrected chi connectivity index (χ2v) is 29.8. The number of para-hydroxylation sites is 2. The third-order valence-corrected chi connectivity index (χ3v) is 23.9. The smallest absolute Gasteiger partial charge is 0.167 e. The van der Waals surface area contributed by atoms with E-state index >= 15 is 0 Å². The van der Waals surface area contributed by atoms with Crippen LogP contribution in [0.25, 0.3) is 221 Å². The Kier molecular flexibility index (Phi) is 13.3. The van der Waals surface area contributed by atoms with Crippen LogP contribution in [0, 0.1) is 0 Å². The fraction of sp³-hybridized carbons (Fsp3) is 0.00952. The molecule has 1 unspecified atom stereocenters. The second kappa shape index (κ2) is 24.0. The topological polar surface area (TPSA) is 90.5 Å². The SMILES string of the molecule is c1ccc(-c2nc(-c3ccc4c(c3)C3(c5ccccc5-c5ccc(-c6cccc(-c7nc(-c8cccc(-c9ccc%10c%11ccccc%11c%11c%12ccccc%12ccc%11c%10c9)c8)nc(-c8cccc9c8oc8ccccc89)n7)c6)cc53)c3ccccc3-4)nc(-c3cc4c5ccccc5c5ccccc5c4c4ccccc34)n2)cc1. The van der Waals surface area contributed by atoms with Gasteiger partial charge in [-0.15, -0.1) is 0 Å². The third-order valence-electron chi connectivity index (χ3n) is 23.9. The molecule has 0 aliphatic heterocycles. The molecule has 0 fully saturated rings. The lowest BCUT2D eigenvalue weighted by Gasteiger charge is -2.31. The highest BCUT2D eigenvalue weighted by Gasteiger charge is 2.52. The molecule has 19 aromatic carbocycles. The van der Waals surface area contributed by atoms with E-state index in [1.807, 2.05) is 18.2 Å². The van der Waals surface area contributed by atoms with Crippen molar-refractivity contribution in [1.29, 1.82) is 0 Å². The Morgan fingerprint density at radius 3 is 1.21 bits per heavy atom. The summed E-state index contributed by atoms with van der Waals surface area (Å²) in [6.07, 6.45) is 0. The Morgan fingerprint density at radius 2 is 0.554 bits per heavy atom. The molecule has 3 aromatic heterocycles. The van der Waals surface area contributed by atoms with Gasteiger partial charge in [0, 0.05) is 38.6 Å². The van der Waals surface area contributed by atoms with Gasteiger partial charge in [0.05, 0.1) is 11.0 Å². The Morgan fingerprint density at radius 1 is 0.179 bits per heavy atom. The fourth-order valence-corrected chi connectivity index (χ4v) is 19.0. The van der Waals surface area contributed by atoms with Gasteiger partial charge in [0.15, 0.2) is 34.9 Å². The summed E-state index contributed by atoms with van der Waals surface area (Å²) in [5.74, 6) is 3.41. The van der Waals surface area contributed by atoms with Gasteiger partial charge in [-0.25, -0.2) is 29.9 Å². The predicted octanol–water partition coefficient (Wildman–Crippen LogP) is 26.9. The van der Waals surface area contributed by atoms with Crippen molar-refractivity contribution in [3.63, 3.8) is 0 Å². The highest BCUT2D eigenvalue weighted by molar-refractivity contribution is 6.34. The number of fused-ring (bicyclic) bond motifs is 29. The van der Waals surface area contributed by atoms with Gasteiger partial charge < -0.3 is 4.42 Å². The van der Waals surface area contributed by atoms with E-state index in [1.165, 1.54) is 115 Å². The zero-order valence-electron chi connectivity index (χ0n) is 60.2. The maximum absolute atomic E-state index is 6.75. The Balaban J connectivity index is 0.660. The first-order valence-corrected chi connectivity index (χ1v) is 38.2. The first kappa shape index (κ1) is 62.2. The van der Waals surface area contributed by atoms with E-state index in [2.05, 4.69) is 346 Å². The molecule has 0 amide bonds. The van der Waals surface area contributed by atoms with Crippen LogP contribution in [-0.4, -0.2) is 29.9 Å². The third kappa shape index (κ3) is 9.16. The Labute approximate surface area is 642 Å². The number of nitrogens with zero attached hydrogens (tertiary/aromatic N) is 6. The van der Waals surface area contributed by atoms with Crippen molar-refractivity contribution in [2.75, 3.05) is 0 Å². The summed E-state index contributed by atoms with van der Waals surface area (Å²) in [7, 11) is 0. The molecule has 112 heavy (non-hydrogen) atoms. The molecule has 0 saturated heterocycles. The van der Waals surface area contributed by atoms with Gasteiger partial charge in [0.1, 0.15) is 11.2 Å². The zero-order valence-corrected chi connectivity index (χ0v) is 60.2. The van der Waals surface area contributed by atoms with Crippen LogP contribution in [-0.2, 0) is 5.41 Å². The maximum atomic E-state index is 6.75. The van der Waals surface area contributed by atoms with Crippen molar-refractivity contribution < 1.29 is 4.42 Å². The molecule has 2 aliphatic carbocycles. The van der Waals surface area contributed by atoms with E-state index in [0.29, 0.717) is 34.9 Å². The van der Waals surface area contributed by atoms with Crippen LogP contribution in [0.15, 0.2) is 368 Å². The minimum absolute atomic E-state index is 0.515. The average Bonchev–Trinajstić information content (AvgIpc) is 1.50. The maximum Gasteiger partial charge on any atom is 0.167 e.